The van der Waals surface area contributed by atoms with Crippen LogP contribution in [0.4, 0.5) is 0 Å². The van der Waals surface area contributed by atoms with Gasteiger partial charge in [0.15, 0.2) is 0 Å². The van der Waals surface area contributed by atoms with Gasteiger partial charge in [-0.1, -0.05) is 46.0 Å². The van der Waals surface area contributed by atoms with Crippen LogP contribution in [0.15, 0.2) is 0 Å². The van der Waals surface area contributed by atoms with Gasteiger partial charge in [0.2, 0.25) is 0 Å². The molecular weight excluding hydrogens is 241 g/mol. The van der Waals surface area contributed by atoms with E-state index in [9.17, 15) is 4.57 Å². The normalized spacial score (nSPS) is 36.8. The van der Waals surface area contributed by atoms with E-state index in [1.54, 1.807) is 0 Å². The minimum absolute atomic E-state index is 0.490. The van der Waals surface area contributed by atoms with Gasteiger partial charge in [0.25, 0.3) is 0 Å². The third-order valence-electron chi connectivity index (χ3n) is 4.88. The molecule has 0 aromatic heterocycles. The van der Waals surface area contributed by atoms with Crippen LogP contribution in [0.2, 0.25) is 0 Å². The summed E-state index contributed by atoms with van der Waals surface area (Å²) in [5, 5.41) is 0. The number of likely N-dealkylation sites (tertiary alicyclic amines) is 1. The van der Waals surface area contributed by atoms with E-state index in [1.165, 1.54) is 64.5 Å². The van der Waals surface area contributed by atoms with E-state index in [-0.39, 0.29) is 0 Å². The number of unbranched alkanes of at least 4 members (excludes halogenated alkanes) is 3. The number of hydrogen-bond donors (Lipinski definition) is 0. The molecule has 3 atom stereocenters. The van der Waals surface area contributed by atoms with Crippen LogP contribution in [0.3, 0.4) is 0 Å². The zero-order valence-electron chi connectivity index (χ0n) is 12.2. The molecule has 2 heterocycles. The van der Waals surface area contributed by atoms with E-state index in [2.05, 4.69) is 18.7 Å². The fourth-order valence-electron chi connectivity index (χ4n) is 3.68. The summed E-state index contributed by atoms with van der Waals surface area (Å²) in [6, 6.07) is 0. The van der Waals surface area contributed by atoms with Crippen LogP contribution >= 0.6 is 7.14 Å². The van der Waals surface area contributed by atoms with E-state index < -0.39 is 7.14 Å². The van der Waals surface area contributed by atoms with Crippen molar-refractivity contribution in [2.24, 2.45) is 0 Å². The van der Waals surface area contributed by atoms with Gasteiger partial charge in [0, 0.05) is 5.66 Å². The average Bonchev–Trinajstić information content (AvgIpc) is 3.01. The van der Waals surface area contributed by atoms with Crippen molar-refractivity contribution in [3.05, 3.63) is 0 Å². The first-order chi connectivity index (χ1) is 8.74. The van der Waals surface area contributed by atoms with Crippen molar-refractivity contribution in [3.63, 3.8) is 0 Å². The molecule has 0 bridgehead atoms. The highest BCUT2D eigenvalue weighted by Crippen LogP contribution is 2.76. The molecule has 3 unspecified atom stereocenters. The Morgan fingerprint density at radius 1 is 1.06 bits per heavy atom. The van der Waals surface area contributed by atoms with Crippen LogP contribution in [0.5, 0.6) is 0 Å². The Balaban J connectivity index is 1.83. The summed E-state index contributed by atoms with van der Waals surface area (Å²) in [5.41, 5.74) is 0.567. The molecule has 0 aromatic carbocycles. The smallest absolute Gasteiger partial charge is 0.109 e. The Morgan fingerprint density at radius 2 is 1.78 bits per heavy atom. The lowest BCUT2D eigenvalue weighted by Crippen LogP contribution is -2.33. The molecule has 0 N–H and O–H groups in total. The molecule has 0 radical (unpaired) electrons. The topological polar surface area (TPSA) is 20.3 Å². The Hall–Kier alpha value is 0.190. The first-order valence-electron chi connectivity index (χ1n) is 8.06. The van der Waals surface area contributed by atoms with E-state index in [0.29, 0.717) is 11.4 Å². The number of hydrogen-bond acceptors (Lipinski definition) is 2. The minimum Gasteiger partial charge on any atom is -0.322 e. The quantitative estimate of drug-likeness (QED) is 0.500. The predicted molar refractivity (Wildman–Crippen MR) is 79.9 cm³/mol. The Labute approximate surface area is 113 Å². The molecule has 3 heteroatoms. The largest absolute Gasteiger partial charge is 0.322 e. The molecule has 2 aliphatic rings. The number of rotatable bonds is 7. The second kappa shape index (κ2) is 6.57. The molecule has 0 amide bonds. The molecular formula is C15H30NOP. The maximum Gasteiger partial charge on any atom is 0.109 e. The predicted octanol–water partition coefficient (Wildman–Crippen LogP) is 4.53. The summed E-state index contributed by atoms with van der Waals surface area (Å²) in [5.74, 6) is 0.490. The van der Waals surface area contributed by atoms with Gasteiger partial charge < -0.3 is 4.57 Å². The lowest BCUT2D eigenvalue weighted by atomic mass is 10.1. The van der Waals surface area contributed by atoms with Crippen molar-refractivity contribution in [2.45, 2.75) is 76.7 Å². The standard InChI is InChI=1S/C15H30NOP/c1-3-5-6-8-11-14-15(18(14,17)4-2)16-12-9-7-10-13-16/h14-15H,3-13H2,1-2H3. The van der Waals surface area contributed by atoms with Crippen molar-refractivity contribution in [1.82, 2.24) is 4.90 Å². The zero-order valence-corrected chi connectivity index (χ0v) is 13.1. The fourth-order valence-corrected chi connectivity index (χ4v) is 7.54. The fraction of sp³-hybridized carbons (Fsp3) is 1.00. The van der Waals surface area contributed by atoms with Crippen LogP contribution in [-0.4, -0.2) is 35.6 Å². The Kier molecular flexibility index (Phi) is 5.33. The van der Waals surface area contributed by atoms with E-state index in [0.717, 1.165) is 6.16 Å². The van der Waals surface area contributed by atoms with Crippen LogP contribution < -0.4 is 0 Å². The molecule has 2 fully saturated rings. The van der Waals surface area contributed by atoms with Gasteiger partial charge >= 0.3 is 0 Å². The third kappa shape index (κ3) is 3.02. The van der Waals surface area contributed by atoms with Crippen molar-refractivity contribution in [3.8, 4) is 0 Å². The van der Waals surface area contributed by atoms with E-state index >= 15 is 0 Å². The van der Waals surface area contributed by atoms with Gasteiger partial charge in [-0.15, -0.1) is 0 Å². The summed E-state index contributed by atoms with van der Waals surface area (Å²) in [6.45, 7) is 6.81. The van der Waals surface area contributed by atoms with Gasteiger partial charge in [-0.3, -0.25) is 4.90 Å². The maximum atomic E-state index is 12.9. The van der Waals surface area contributed by atoms with Crippen molar-refractivity contribution >= 4 is 7.14 Å². The molecule has 2 aliphatic heterocycles. The summed E-state index contributed by atoms with van der Waals surface area (Å²) in [7, 11) is -1.81. The first kappa shape index (κ1) is 14.6. The van der Waals surface area contributed by atoms with Gasteiger partial charge in [-0.05, 0) is 38.5 Å². The summed E-state index contributed by atoms with van der Waals surface area (Å²) in [4.78, 5) is 2.57. The number of nitrogens with zero attached hydrogens (tertiary/aromatic N) is 1. The van der Waals surface area contributed by atoms with Gasteiger partial charge in [0.05, 0.1) is 5.78 Å². The molecule has 0 saturated carbocycles. The van der Waals surface area contributed by atoms with Crippen LogP contribution in [-0.2, 0) is 4.57 Å². The lowest BCUT2D eigenvalue weighted by molar-refractivity contribution is 0.224. The summed E-state index contributed by atoms with van der Waals surface area (Å²) >= 11 is 0. The zero-order chi connectivity index (χ0) is 13.0. The average molecular weight is 271 g/mol. The van der Waals surface area contributed by atoms with Crippen LogP contribution in [0, 0.1) is 0 Å². The molecule has 0 aliphatic carbocycles. The molecule has 2 saturated heterocycles. The maximum absolute atomic E-state index is 12.9. The highest BCUT2D eigenvalue weighted by Gasteiger charge is 2.61. The molecule has 2 nitrogen and oxygen atoms in total. The lowest BCUT2D eigenvalue weighted by Gasteiger charge is -2.26. The monoisotopic (exact) mass is 271 g/mol. The van der Waals surface area contributed by atoms with Gasteiger partial charge in [0.1, 0.15) is 7.14 Å². The van der Waals surface area contributed by atoms with Crippen molar-refractivity contribution < 1.29 is 4.57 Å². The highest BCUT2D eigenvalue weighted by atomic mass is 31.2. The van der Waals surface area contributed by atoms with Crippen LogP contribution in [0.25, 0.3) is 0 Å². The van der Waals surface area contributed by atoms with Gasteiger partial charge in [-0.2, -0.15) is 0 Å². The highest BCUT2D eigenvalue weighted by molar-refractivity contribution is 7.73. The Morgan fingerprint density at radius 3 is 2.39 bits per heavy atom. The second-order valence-corrected chi connectivity index (χ2v) is 9.63. The number of piperidine rings is 1. The molecule has 0 aromatic rings. The third-order valence-corrected chi connectivity index (χ3v) is 8.77. The summed E-state index contributed by atoms with van der Waals surface area (Å²) < 4.78 is 12.9. The van der Waals surface area contributed by atoms with Crippen LogP contribution in [0.1, 0.15) is 65.2 Å². The SMILES string of the molecule is CCCCCCC1C(N2CCCCC2)P1(=O)CC. The second-order valence-electron chi connectivity index (χ2n) is 6.10. The van der Waals surface area contributed by atoms with Gasteiger partial charge in [-0.25, -0.2) is 0 Å². The molecule has 2 rings (SSSR count). The first-order valence-corrected chi connectivity index (χ1v) is 10.1. The van der Waals surface area contributed by atoms with Crippen molar-refractivity contribution in [2.75, 3.05) is 19.3 Å². The van der Waals surface area contributed by atoms with E-state index in [4.69, 9.17) is 0 Å². The Bertz CT molecular complexity index is 299. The molecule has 106 valence electrons. The minimum atomic E-state index is -1.81. The summed E-state index contributed by atoms with van der Waals surface area (Å²) in [6.07, 6.45) is 11.5. The van der Waals surface area contributed by atoms with E-state index in [1.807, 2.05) is 0 Å². The molecule has 18 heavy (non-hydrogen) atoms. The van der Waals surface area contributed by atoms with Crippen molar-refractivity contribution in [1.29, 1.82) is 0 Å². The molecule has 0 spiro atoms.